The number of amides is 3. The van der Waals surface area contributed by atoms with E-state index in [0.29, 0.717) is 11.5 Å². The fraction of sp³-hybridized carbons (Fsp3) is 0.111. The van der Waals surface area contributed by atoms with Crippen molar-refractivity contribution in [3.05, 3.63) is 66.9 Å². The highest BCUT2D eigenvalue weighted by molar-refractivity contribution is 6.03. The molecule has 28 heavy (non-hydrogen) atoms. The van der Waals surface area contributed by atoms with E-state index in [1.165, 1.54) is 36.5 Å². The molecule has 3 aromatic rings. The summed E-state index contributed by atoms with van der Waals surface area (Å²) in [4.78, 5) is 43.9. The van der Waals surface area contributed by atoms with Gasteiger partial charge in [-0.3, -0.25) is 10.1 Å². The Hall–Kier alpha value is -4.08. The first-order valence-electron chi connectivity index (χ1n) is 8.22. The molecule has 0 spiro atoms. The number of anilines is 1. The Labute approximate surface area is 159 Å². The number of imide groups is 1. The standard InChI is InChI=1S/C18H16N6O4/c1-12(16(25)23-18(27)22-14-5-3-2-4-6-14)28-17(26)13-7-8-15(20-9-13)24-11-19-10-21-24/h2-12H,1H3,(H2,22,23,25,27)/t12-/m1/s1. The second kappa shape index (κ2) is 8.54. The van der Waals surface area contributed by atoms with Gasteiger partial charge < -0.3 is 10.1 Å². The number of nitrogens with zero attached hydrogens (tertiary/aromatic N) is 4. The van der Waals surface area contributed by atoms with Crippen LogP contribution in [0, 0.1) is 0 Å². The van der Waals surface area contributed by atoms with Gasteiger partial charge in [0, 0.05) is 11.9 Å². The number of aromatic nitrogens is 4. The van der Waals surface area contributed by atoms with Crippen LogP contribution in [-0.4, -0.2) is 43.8 Å². The minimum absolute atomic E-state index is 0.150. The summed E-state index contributed by atoms with van der Waals surface area (Å²) >= 11 is 0. The van der Waals surface area contributed by atoms with Gasteiger partial charge in [-0.15, -0.1) is 0 Å². The first-order chi connectivity index (χ1) is 13.5. The smallest absolute Gasteiger partial charge is 0.340 e. The van der Waals surface area contributed by atoms with Crippen LogP contribution in [0.15, 0.2) is 61.3 Å². The Morgan fingerprint density at radius 2 is 1.89 bits per heavy atom. The molecular formula is C18H16N6O4. The third kappa shape index (κ3) is 4.75. The quantitative estimate of drug-likeness (QED) is 0.643. The Morgan fingerprint density at radius 3 is 2.54 bits per heavy atom. The molecule has 0 aliphatic rings. The van der Waals surface area contributed by atoms with Crippen molar-refractivity contribution in [3.63, 3.8) is 0 Å². The van der Waals surface area contributed by atoms with Crippen LogP contribution in [0.4, 0.5) is 10.5 Å². The molecule has 142 valence electrons. The molecule has 0 bridgehead atoms. The highest BCUT2D eigenvalue weighted by Crippen LogP contribution is 2.08. The third-order valence-corrected chi connectivity index (χ3v) is 3.56. The highest BCUT2D eigenvalue weighted by Gasteiger charge is 2.21. The fourth-order valence-electron chi connectivity index (χ4n) is 2.15. The van der Waals surface area contributed by atoms with Crippen molar-refractivity contribution in [2.45, 2.75) is 13.0 Å². The average Bonchev–Trinajstić information content (AvgIpc) is 3.23. The number of nitrogens with one attached hydrogen (secondary N) is 2. The van der Waals surface area contributed by atoms with Gasteiger partial charge in [-0.25, -0.2) is 24.2 Å². The number of hydrogen-bond donors (Lipinski definition) is 2. The van der Waals surface area contributed by atoms with Crippen LogP contribution in [0.3, 0.4) is 0 Å². The molecule has 10 nitrogen and oxygen atoms in total. The molecule has 0 aliphatic carbocycles. The molecule has 2 heterocycles. The second-order valence-electron chi connectivity index (χ2n) is 5.60. The summed E-state index contributed by atoms with van der Waals surface area (Å²) in [6, 6.07) is 10.9. The molecular weight excluding hydrogens is 364 g/mol. The zero-order chi connectivity index (χ0) is 19.9. The summed E-state index contributed by atoms with van der Waals surface area (Å²) < 4.78 is 6.50. The van der Waals surface area contributed by atoms with E-state index in [4.69, 9.17) is 4.74 Å². The van der Waals surface area contributed by atoms with Crippen molar-refractivity contribution >= 4 is 23.6 Å². The predicted molar refractivity (Wildman–Crippen MR) is 97.6 cm³/mol. The molecule has 0 aliphatic heterocycles. The van der Waals surface area contributed by atoms with Crippen molar-refractivity contribution in [2.75, 3.05) is 5.32 Å². The zero-order valence-corrected chi connectivity index (χ0v) is 14.8. The van der Waals surface area contributed by atoms with Gasteiger partial charge in [0.1, 0.15) is 12.7 Å². The molecule has 0 saturated heterocycles. The van der Waals surface area contributed by atoms with E-state index in [-0.39, 0.29) is 5.56 Å². The van der Waals surface area contributed by atoms with Crippen LogP contribution in [0.5, 0.6) is 0 Å². The zero-order valence-electron chi connectivity index (χ0n) is 14.8. The Bertz CT molecular complexity index is 958. The van der Waals surface area contributed by atoms with Crippen molar-refractivity contribution in [1.29, 1.82) is 0 Å². The van der Waals surface area contributed by atoms with E-state index in [1.807, 2.05) is 0 Å². The van der Waals surface area contributed by atoms with Crippen molar-refractivity contribution in [1.82, 2.24) is 25.1 Å². The summed E-state index contributed by atoms with van der Waals surface area (Å²) in [5, 5.41) is 8.54. The van der Waals surface area contributed by atoms with Gasteiger partial charge in [-0.05, 0) is 31.2 Å². The number of esters is 1. The number of ether oxygens (including phenoxy) is 1. The number of pyridine rings is 1. The molecule has 0 saturated carbocycles. The van der Waals surface area contributed by atoms with E-state index in [9.17, 15) is 14.4 Å². The van der Waals surface area contributed by atoms with Crippen LogP contribution in [-0.2, 0) is 9.53 Å². The topological polar surface area (TPSA) is 128 Å². The second-order valence-corrected chi connectivity index (χ2v) is 5.60. The molecule has 0 radical (unpaired) electrons. The van der Waals surface area contributed by atoms with E-state index in [1.54, 1.807) is 36.4 Å². The third-order valence-electron chi connectivity index (χ3n) is 3.56. The number of para-hydroxylation sites is 1. The maximum atomic E-state index is 12.2. The van der Waals surface area contributed by atoms with Crippen molar-refractivity contribution < 1.29 is 19.1 Å². The lowest BCUT2D eigenvalue weighted by Gasteiger charge is -2.13. The number of hydrogen-bond acceptors (Lipinski definition) is 7. The van der Waals surface area contributed by atoms with Gasteiger partial charge >= 0.3 is 12.0 Å². The van der Waals surface area contributed by atoms with Crippen LogP contribution < -0.4 is 10.6 Å². The molecule has 1 atom stereocenters. The lowest BCUT2D eigenvalue weighted by molar-refractivity contribution is -0.127. The number of urea groups is 1. The monoisotopic (exact) mass is 380 g/mol. The van der Waals surface area contributed by atoms with Gasteiger partial charge in [0.25, 0.3) is 5.91 Å². The molecule has 10 heteroatoms. The molecule has 3 amide bonds. The van der Waals surface area contributed by atoms with E-state index >= 15 is 0 Å². The SMILES string of the molecule is C[C@@H](OC(=O)c1ccc(-n2cncn2)nc1)C(=O)NC(=O)Nc1ccccc1. The average molecular weight is 380 g/mol. The number of carbonyl (C=O) groups is 3. The Kier molecular flexibility index (Phi) is 5.70. The Morgan fingerprint density at radius 1 is 1.11 bits per heavy atom. The van der Waals surface area contributed by atoms with Gasteiger partial charge in [-0.1, -0.05) is 18.2 Å². The van der Waals surface area contributed by atoms with E-state index < -0.39 is 24.0 Å². The summed E-state index contributed by atoms with van der Waals surface area (Å²) in [7, 11) is 0. The molecule has 0 unspecified atom stereocenters. The van der Waals surface area contributed by atoms with E-state index in [0.717, 1.165) is 0 Å². The molecule has 2 N–H and O–H groups in total. The van der Waals surface area contributed by atoms with Gasteiger partial charge in [0.05, 0.1) is 5.56 Å². The lowest BCUT2D eigenvalue weighted by atomic mass is 10.3. The van der Waals surface area contributed by atoms with Crippen LogP contribution in [0.2, 0.25) is 0 Å². The van der Waals surface area contributed by atoms with Crippen molar-refractivity contribution in [2.24, 2.45) is 0 Å². The summed E-state index contributed by atoms with van der Waals surface area (Å²) in [5.41, 5.74) is 0.674. The maximum absolute atomic E-state index is 12.2. The predicted octanol–water partition coefficient (Wildman–Crippen LogP) is 1.56. The van der Waals surface area contributed by atoms with Crippen LogP contribution >= 0.6 is 0 Å². The molecule has 0 fully saturated rings. The summed E-state index contributed by atoms with van der Waals surface area (Å²) in [6.07, 6.45) is 2.95. The van der Waals surface area contributed by atoms with Gasteiger partial charge in [0.2, 0.25) is 0 Å². The number of rotatable bonds is 5. The fourth-order valence-corrected chi connectivity index (χ4v) is 2.15. The van der Waals surface area contributed by atoms with Crippen molar-refractivity contribution in [3.8, 4) is 5.82 Å². The van der Waals surface area contributed by atoms with Gasteiger partial charge in [0.15, 0.2) is 11.9 Å². The minimum Gasteiger partial charge on any atom is -0.449 e. The van der Waals surface area contributed by atoms with Crippen LogP contribution in [0.1, 0.15) is 17.3 Å². The summed E-state index contributed by atoms with van der Waals surface area (Å²) in [5.74, 6) is -1.03. The summed E-state index contributed by atoms with van der Waals surface area (Å²) in [6.45, 7) is 1.36. The first-order valence-corrected chi connectivity index (χ1v) is 8.22. The maximum Gasteiger partial charge on any atom is 0.340 e. The molecule has 1 aromatic carbocycles. The van der Waals surface area contributed by atoms with E-state index in [2.05, 4.69) is 25.7 Å². The normalized spacial score (nSPS) is 11.3. The van der Waals surface area contributed by atoms with Crippen LogP contribution in [0.25, 0.3) is 5.82 Å². The Balaban J connectivity index is 1.53. The highest BCUT2D eigenvalue weighted by atomic mass is 16.5. The van der Waals surface area contributed by atoms with Gasteiger partial charge in [-0.2, -0.15) is 5.10 Å². The molecule has 3 rings (SSSR count). The number of benzene rings is 1. The number of carbonyl (C=O) groups excluding carboxylic acids is 3. The first kappa shape index (κ1) is 18.7. The minimum atomic E-state index is -1.18. The largest absolute Gasteiger partial charge is 0.449 e. The lowest BCUT2D eigenvalue weighted by Crippen LogP contribution is -2.41. The molecule has 2 aromatic heterocycles.